The van der Waals surface area contributed by atoms with Crippen LogP contribution in [-0.4, -0.2) is 42.6 Å². The van der Waals surface area contributed by atoms with E-state index in [4.69, 9.17) is 10.5 Å². The van der Waals surface area contributed by atoms with E-state index in [1.807, 2.05) is 0 Å². The maximum Gasteiger partial charge on any atom is 0.249 e. The van der Waals surface area contributed by atoms with E-state index in [2.05, 4.69) is 41.4 Å². The molecule has 0 radical (unpaired) electrons. The van der Waals surface area contributed by atoms with Gasteiger partial charge in [0.25, 0.3) is 0 Å². The second kappa shape index (κ2) is 11.9. The first-order valence-electron chi connectivity index (χ1n) is 9.57. The lowest BCUT2D eigenvalue weighted by Crippen LogP contribution is -2.35. The van der Waals surface area contributed by atoms with Gasteiger partial charge in [-0.15, -0.1) is 24.8 Å². The zero-order chi connectivity index (χ0) is 17.6. The fraction of sp³-hybridized carbons (Fsp3) is 0.650. The number of hydrogen-bond donors (Lipinski definition) is 2. The van der Waals surface area contributed by atoms with Crippen molar-refractivity contribution in [3.63, 3.8) is 0 Å². The molecule has 1 aromatic carbocycles. The first-order valence-corrected chi connectivity index (χ1v) is 9.57. The summed E-state index contributed by atoms with van der Waals surface area (Å²) in [5, 5.41) is 3.00. The van der Waals surface area contributed by atoms with Crippen molar-refractivity contribution in [2.24, 2.45) is 11.7 Å². The number of carbonyl (C=O) groups is 1. The minimum absolute atomic E-state index is 0. The summed E-state index contributed by atoms with van der Waals surface area (Å²) in [4.78, 5) is 14.8. The molecule has 3 rings (SSSR count). The van der Waals surface area contributed by atoms with E-state index in [1.54, 1.807) is 0 Å². The lowest BCUT2D eigenvalue weighted by molar-refractivity contribution is -0.132. The molecule has 0 saturated carbocycles. The van der Waals surface area contributed by atoms with Gasteiger partial charge in [0, 0.05) is 19.6 Å². The van der Waals surface area contributed by atoms with Crippen LogP contribution < -0.4 is 11.1 Å². The average molecular weight is 418 g/mol. The molecule has 0 spiro atoms. The Morgan fingerprint density at radius 1 is 1.19 bits per heavy atom. The molecule has 2 saturated heterocycles. The Balaban J connectivity index is 0.00000182. The summed E-state index contributed by atoms with van der Waals surface area (Å²) in [6.45, 7) is 6.74. The predicted molar refractivity (Wildman–Crippen MR) is 113 cm³/mol. The Labute approximate surface area is 175 Å². The van der Waals surface area contributed by atoms with Crippen molar-refractivity contribution in [1.29, 1.82) is 0 Å². The maximum absolute atomic E-state index is 12.2. The van der Waals surface area contributed by atoms with Crippen LogP contribution in [0.1, 0.15) is 43.7 Å². The van der Waals surface area contributed by atoms with Crippen molar-refractivity contribution in [3.8, 4) is 0 Å². The SMILES string of the molecule is CC1CCN(Cc2cccc(CNC(=O)[C@@H]3CC[C@H](CN)O3)c2)CC1.Cl.Cl. The van der Waals surface area contributed by atoms with Crippen LogP contribution in [0.5, 0.6) is 0 Å². The lowest BCUT2D eigenvalue weighted by Gasteiger charge is -2.30. The molecule has 27 heavy (non-hydrogen) atoms. The van der Waals surface area contributed by atoms with Crippen LogP contribution in [0.15, 0.2) is 24.3 Å². The van der Waals surface area contributed by atoms with Gasteiger partial charge in [-0.2, -0.15) is 0 Å². The topological polar surface area (TPSA) is 67.6 Å². The van der Waals surface area contributed by atoms with Crippen LogP contribution >= 0.6 is 24.8 Å². The molecule has 3 N–H and O–H groups in total. The van der Waals surface area contributed by atoms with Crippen LogP contribution in [0.25, 0.3) is 0 Å². The fourth-order valence-corrected chi connectivity index (χ4v) is 3.69. The number of nitrogens with zero attached hydrogens (tertiary/aromatic N) is 1. The number of ether oxygens (including phenoxy) is 1. The summed E-state index contributed by atoms with van der Waals surface area (Å²) in [7, 11) is 0. The number of carbonyl (C=O) groups excluding carboxylic acids is 1. The van der Waals surface area contributed by atoms with Gasteiger partial charge in [-0.1, -0.05) is 31.2 Å². The minimum atomic E-state index is -0.341. The molecule has 154 valence electrons. The van der Waals surface area contributed by atoms with Crippen molar-refractivity contribution in [1.82, 2.24) is 10.2 Å². The number of halogens is 2. The van der Waals surface area contributed by atoms with Gasteiger partial charge >= 0.3 is 0 Å². The molecule has 2 fully saturated rings. The molecule has 7 heteroatoms. The van der Waals surface area contributed by atoms with Crippen molar-refractivity contribution in [2.45, 2.75) is 57.9 Å². The zero-order valence-electron chi connectivity index (χ0n) is 16.1. The predicted octanol–water partition coefficient (Wildman–Crippen LogP) is 2.88. The van der Waals surface area contributed by atoms with Crippen molar-refractivity contribution >= 4 is 30.7 Å². The number of amides is 1. The number of nitrogens with one attached hydrogen (secondary N) is 1. The first kappa shape index (κ1) is 24.2. The third kappa shape index (κ3) is 7.24. The van der Waals surface area contributed by atoms with Gasteiger partial charge in [0.1, 0.15) is 6.10 Å². The average Bonchev–Trinajstić information content (AvgIpc) is 3.11. The number of piperidine rings is 1. The molecule has 5 nitrogen and oxygen atoms in total. The highest BCUT2D eigenvalue weighted by molar-refractivity contribution is 5.85. The Bertz CT molecular complexity index is 580. The maximum atomic E-state index is 12.2. The van der Waals surface area contributed by atoms with Crippen LogP contribution in [-0.2, 0) is 22.6 Å². The van der Waals surface area contributed by atoms with Crippen LogP contribution in [0.4, 0.5) is 0 Å². The summed E-state index contributed by atoms with van der Waals surface area (Å²) < 4.78 is 5.65. The molecule has 0 unspecified atom stereocenters. The fourth-order valence-electron chi connectivity index (χ4n) is 3.69. The Hall–Kier alpha value is -0.850. The number of rotatable bonds is 6. The standard InChI is InChI=1S/C20H31N3O2.2ClH/c1-15-7-9-23(10-8-15)14-17-4-2-3-16(11-17)13-22-20(24)19-6-5-18(12-21)25-19;;/h2-4,11,15,18-19H,5-10,12-14,21H2,1H3,(H,22,24);2*1H/t18-,19+;;/m1../s1. The normalized spacial score (nSPS) is 23.3. The van der Waals surface area contributed by atoms with Gasteiger partial charge < -0.3 is 15.8 Å². The monoisotopic (exact) mass is 417 g/mol. The molecule has 1 amide bonds. The molecule has 0 aliphatic carbocycles. The molecule has 0 aromatic heterocycles. The van der Waals surface area contributed by atoms with Gasteiger partial charge in [0.05, 0.1) is 6.10 Å². The summed E-state index contributed by atoms with van der Waals surface area (Å²) in [6, 6.07) is 8.53. The molecule has 0 bridgehead atoms. The summed E-state index contributed by atoms with van der Waals surface area (Å²) >= 11 is 0. The Morgan fingerprint density at radius 2 is 1.89 bits per heavy atom. The van der Waals surface area contributed by atoms with E-state index < -0.39 is 0 Å². The summed E-state index contributed by atoms with van der Waals surface area (Å²) in [6.07, 6.45) is 3.92. The van der Waals surface area contributed by atoms with Gasteiger partial charge in [-0.3, -0.25) is 9.69 Å². The van der Waals surface area contributed by atoms with Gasteiger partial charge in [-0.25, -0.2) is 0 Å². The van der Waals surface area contributed by atoms with Crippen LogP contribution in [0.3, 0.4) is 0 Å². The summed E-state index contributed by atoms with van der Waals surface area (Å²) in [5.74, 6) is 0.834. The number of likely N-dealkylation sites (tertiary alicyclic amines) is 1. The van der Waals surface area contributed by atoms with Gasteiger partial charge in [0.15, 0.2) is 0 Å². The van der Waals surface area contributed by atoms with E-state index >= 15 is 0 Å². The van der Waals surface area contributed by atoms with E-state index in [0.717, 1.165) is 30.9 Å². The smallest absolute Gasteiger partial charge is 0.249 e. The van der Waals surface area contributed by atoms with E-state index in [9.17, 15) is 4.79 Å². The lowest BCUT2D eigenvalue weighted by atomic mass is 9.98. The number of hydrogen-bond acceptors (Lipinski definition) is 4. The van der Waals surface area contributed by atoms with Gasteiger partial charge in [0.2, 0.25) is 5.91 Å². The molecule has 2 aliphatic heterocycles. The third-order valence-corrected chi connectivity index (χ3v) is 5.40. The molecule has 1 aromatic rings. The minimum Gasteiger partial charge on any atom is -0.364 e. The van der Waals surface area contributed by atoms with Crippen molar-refractivity contribution in [3.05, 3.63) is 35.4 Å². The second-order valence-electron chi connectivity index (χ2n) is 7.56. The van der Waals surface area contributed by atoms with Crippen molar-refractivity contribution < 1.29 is 9.53 Å². The number of nitrogens with two attached hydrogens (primary N) is 1. The number of benzene rings is 1. The second-order valence-corrected chi connectivity index (χ2v) is 7.56. The highest BCUT2D eigenvalue weighted by Gasteiger charge is 2.29. The highest BCUT2D eigenvalue weighted by atomic mass is 35.5. The van der Waals surface area contributed by atoms with Crippen LogP contribution in [0, 0.1) is 5.92 Å². The largest absolute Gasteiger partial charge is 0.364 e. The Morgan fingerprint density at radius 3 is 2.56 bits per heavy atom. The zero-order valence-corrected chi connectivity index (χ0v) is 17.7. The molecular weight excluding hydrogens is 385 g/mol. The van der Waals surface area contributed by atoms with E-state index in [0.29, 0.717) is 13.1 Å². The quantitative estimate of drug-likeness (QED) is 0.746. The van der Waals surface area contributed by atoms with E-state index in [1.165, 1.54) is 31.5 Å². The first-order chi connectivity index (χ1) is 12.1. The van der Waals surface area contributed by atoms with Crippen molar-refractivity contribution in [2.75, 3.05) is 19.6 Å². The van der Waals surface area contributed by atoms with Gasteiger partial charge in [-0.05, 0) is 55.8 Å². The van der Waals surface area contributed by atoms with E-state index in [-0.39, 0.29) is 42.9 Å². The molecular formula is C20H33Cl2N3O2. The Kier molecular flexibility index (Phi) is 10.6. The highest BCUT2D eigenvalue weighted by Crippen LogP contribution is 2.20. The molecule has 2 atom stereocenters. The van der Waals surface area contributed by atoms with Crippen LogP contribution in [0.2, 0.25) is 0 Å². The third-order valence-electron chi connectivity index (χ3n) is 5.40. The summed E-state index contributed by atoms with van der Waals surface area (Å²) in [5.41, 5.74) is 8.07. The molecule has 2 heterocycles. The molecule has 2 aliphatic rings.